The van der Waals surface area contributed by atoms with E-state index in [0.717, 1.165) is 16.7 Å². The molecule has 0 aliphatic carbocycles. The molecule has 29 heavy (non-hydrogen) atoms. The summed E-state index contributed by atoms with van der Waals surface area (Å²) in [4.78, 5) is 27.5. The minimum Gasteiger partial charge on any atom is -0.350 e. The molecule has 0 saturated heterocycles. The summed E-state index contributed by atoms with van der Waals surface area (Å²) in [5, 5.41) is 3.82. The third-order valence-corrected chi connectivity index (χ3v) is 5.22. The Morgan fingerprint density at radius 1 is 1.00 bits per heavy atom. The van der Waals surface area contributed by atoms with E-state index in [1.54, 1.807) is 24.0 Å². The van der Waals surface area contributed by atoms with E-state index in [2.05, 4.69) is 5.32 Å². The van der Waals surface area contributed by atoms with Crippen molar-refractivity contribution in [1.29, 1.82) is 0 Å². The Morgan fingerprint density at radius 2 is 1.59 bits per heavy atom. The number of nitrogens with zero attached hydrogens (tertiary/aromatic N) is 1. The molecule has 0 aliphatic heterocycles. The van der Waals surface area contributed by atoms with Crippen LogP contribution in [0.2, 0.25) is 10.0 Å². The highest BCUT2D eigenvalue weighted by Gasteiger charge is 2.28. The van der Waals surface area contributed by atoms with Crippen molar-refractivity contribution in [2.24, 2.45) is 0 Å². The second-order valence-corrected chi connectivity index (χ2v) is 9.16. The lowest BCUT2D eigenvalue weighted by molar-refractivity contribution is -0.140. The van der Waals surface area contributed by atoms with Gasteiger partial charge in [0.25, 0.3) is 0 Å². The van der Waals surface area contributed by atoms with Gasteiger partial charge in [0.2, 0.25) is 11.8 Å². The maximum atomic E-state index is 13.2. The predicted molar refractivity (Wildman–Crippen MR) is 119 cm³/mol. The van der Waals surface area contributed by atoms with Gasteiger partial charge in [-0.05, 0) is 57.9 Å². The van der Waals surface area contributed by atoms with Gasteiger partial charge in [0.15, 0.2) is 0 Å². The molecule has 4 nitrogen and oxygen atoms in total. The summed E-state index contributed by atoms with van der Waals surface area (Å²) >= 11 is 12.1. The molecule has 6 heteroatoms. The first-order valence-corrected chi connectivity index (χ1v) is 10.3. The molecule has 2 amide bonds. The fourth-order valence-corrected chi connectivity index (χ4v) is 3.19. The molecule has 0 radical (unpaired) electrons. The van der Waals surface area contributed by atoms with E-state index in [1.807, 2.05) is 58.0 Å². The molecule has 1 N–H and O–H groups in total. The molecule has 0 saturated carbocycles. The predicted octanol–water partition coefficient (Wildman–Crippen LogP) is 5.18. The molecule has 156 valence electrons. The van der Waals surface area contributed by atoms with E-state index in [1.165, 1.54) is 0 Å². The fraction of sp³-hybridized carbons (Fsp3) is 0.391. The van der Waals surface area contributed by atoms with Crippen LogP contribution in [0.15, 0.2) is 42.5 Å². The van der Waals surface area contributed by atoms with Gasteiger partial charge >= 0.3 is 0 Å². The molecule has 1 unspecified atom stereocenters. The van der Waals surface area contributed by atoms with Gasteiger partial charge in [0, 0.05) is 12.1 Å². The Bertz CT molecular complexity index is 873. The molecule has 0 fully saturated rings. The molecule has 0 bridgehead atoms. The molecule has 0 aliphatic rings. The lowest BCUT2D eigenvalue weighted by Gasteiger charge is -2.31. The lowest BCUT2D eigenvalue weighted by Crippen LogP contribution is -2.52. The van der Waals surface area contributed by atoms with Gasteiger partial charge in [0.1, 0.15) is 6.04 Å². The standard InChI is InChI=1S/C23H28Cl2N2O2/c1-15-6-8-17(9-7-15)13-21(28)27(16(2)22(29)26-23(3,4)5)14-18-10-11-19(24)20(25)12-18/h6-12,16H,13-14H2,1-5H3,(H,26,29). The summed E-state index contributed by atoms with van der Waals surface area (Å²) in [6.45, 7) is 9.74. The summed E-state index contributed by atoms with van der Waals surface area (Å²) < 4.78 is 0. The number of amides is 2. The Hall–Kier alpha value is -2.04. The number of hydrogen-bond acceptors (Lipinski definition) is 2. The molecule has 0 heterocycles. The van der Waals surface area contributed by atoms with Gasteiger partial charge in [-0.1, -0.05) is 59.1 Å². The molecule has 0 spiro atoms. The van der Waals surface area contributed by atoms with Crippen LogP contribution in [0, 0.1) is 6.92 Å². The molecule has 0 aromatic heterocycles. The van der Waals surface area contributed by atoms with Crippen LogP contribution >= 0.6 is 23.2 Å². The van der Waals surface area contributed by atoms with E-state index in [4.69, 9.17) is 23.2 Å². The zero-order valence-corrected chi connectivity index (χ0v) is 19.1. The van der Waals surface area contributed by atoms with Crippen molar-refractivity contribution in [2.45, 2.75) is 59.2 Å². The van der Waals surface area contributed by atoms with Crippen LogP contribution < -0.4 is 5.32 Å². The molecule has 2 aromatic rings. The zero-order chi connectivity index (χ0) is 21.8. The van der Waals surface area contributed by atoms with E-state index in [9.17, 15) is 9.59 Å². The molecule has 2 rings (SSSR count). The summed E-state index contributed by atoms with van der Waals surface area (Å²) in [6.07, 6.45) is 0.217. The van der Waals surface area contributed by atoms with Gasteiger partial charge in [-0.3, -0.25) is 9.59 Å². The lowest BCUT2D eigenvalue weighted by atomic mass is 10.1. The number of benzene rings is 2. The molecule has 1 atom stereocenters. The average Bonchev–Trinajstić information content (AvgIpc) is 2.62. The number of carbonyl (C=O) groups excluding carboxylic acids is 2. The second kappa shape index (κ2) is 9.64. The minimum atomic E-state index is -0.637. The Balaban J connectivity index is 2.27. The van der Waals surface area contributed by atoms with Crippen LogP contribution in [0.5, 0.6) is 0 Å². The summed E-state index contributed by atoms with van der Waals surface area (Å²) in [5.41, 5.74) is 2.46. The summed E-state index contributed by atoms with van der Waals surface area (Å²) in [7, 11) is 0. The number of rotatable bonds is 6. The van der Waals surface area contributed by atoms with Crippen LogP contribution in [0.3, 0.4) is 0 Å². The molecular formula is C23H28Cl2N2O2. The highest BCUT2D eigenvalue weighted by Crippen LogP contribution is 2.24. The molecule has 2 aromatic carbocycles. The van der Waals surface area contributed by atoms with Crippen LogP contribution in [-0.2, 0) is 22.6 Å². The smallest absolute Gasteiger partial charge is 0.242 e. The van der Waals surface area contributed by atoms with Crippen LogP contribution in [0.25, 0.3) is 0 Å². The number of carbonyl (C=O) groups is 2. The van der Waals surface area contributed by atoms with Gasteiger partial charge in [-0.25, -0.2) is 0 Å². The van der Waals surface area contributed by atoms with E-state index < -0.39 is 6.04 Å². The largest absolute Gasteiger partial charge is 0.350 e. The minimum absolute atomic E-state index is 0.128. The third kappa shape index (κ3) is 7.06. The quantitative estimate of drug-likeness (QED) is 0.680. The second-order valence-electron chi connectivity index (χ2n) is 8.35. The van der Waals surface area contributed by atoms with Crippen molar-refractivity contribution in [2.75, 3.05) is 0 Å². The van der Waals surface area contributed by atoms with Crippen LogP contribution in [0.4, 0.5) is 0 Å². The average molecular weight is 435 g/mol. The van der Waals surface area contributed by atoms with Gasteiger partial charge in [-0.15, -0.1) is 0 Å². The van der Waals surface area contributed by atoms with Crippen LogP contribution in [0.1, 0.15) is 44.4 Å². The van der Waals surface area contributed by atoms with Crippen molar-refractivity contribution in [1.82, 2.24) is 10.2 Å². The first-order chi connectivity index (χ1) is 13.5. The normalized spacial score (nSPS) is 12.4. The SMILES string of the molecule is Cc1ccc(CC(=O)N(Cc2ccc(Cl)c(Cl)c2)C(C)C(=O)NC(C)(C)C)cc1. The zero-order valence-electron chi connectivity index (χ0n) is 17.6. The first-order valence-electron chi connectivity index (χ1n) is 9.57. The van der Waals surface area contributed by atoms with Crippen molar-refractivity contribution < 1.29 is 9.59 Å². The highest BCUT2D eigenvalue weighted by molar-refractivity contribution is 6.42. The van der Waals surface area contributed by atoms with Gasteiger partial charge < -0.3 is 10.2 Å². The van der Waals surface area contributed by atoms with Gasteiger partial charge in [0.05, 0.1) is 16.5 Å². The van der Waals surface area contributed by atoms with Crippen LogP contribution in [-0.4, -0.2) is 28.3 Å². The Labute approximate surface area is 183 Å². The fourth-order valence-electron chi connectivity index (χ4n) is 2.87. The van der Waals surface area contributed by atoms with E-state index >= 15 is 0 Å². The van der Waals surface area contributed by atoms with E-state index in [-0.39, 0.29) is 30.3 Å². The third-order valence-electron chi connectivity index (χ3n) is 4.48. The number of aryl methyl sites for hydroxylation is 1. The summed E-state index contributed by atoms with van der Waals surface area (Å²) in [5.74, 6) is -0.327. The van der Waals surface area contributed by atoms with Crippen molar-refractivity contribution >= 4 is 35.0 Å². The van der Waals surface area contributed by atoms with Crippen molar-refractivity contribution in [3.63, 3.8) is 0 Å². The van der Waals surface area contributed by atoms with Crippen molar-refractivity contribution in [3.05, 3.63) is 69.2 Å². The summed E-state index contributed by atoms with van der Waals surface area (Å²) in [6, 6.07) is 12.4. The van der Waals surface area contributed by atoms with Gasteiger partial charge in [-0.2, -0.15) is 0 Å². The van der Waals surface area contributed by atoms with Crippen molar-refractivity contribution in [3.8, 4) is 0 Å². The first kappa shape index (κ1) is 23.2. The Kier molecular flexibility index (Phi) is 7.73. The maximum Gasteiger partial charge on any atom is 0.242 e. The van der Waals surface area contributed by atoms with E-state index in [0.29, 0.717) is 10.0 Å². The number of nitrogens with one attached hydrogen (secondary N) is 1. The molecular weight excluding hydrogens is 407 g/mol. The number of hydrogen-bond donors (Lipinski definition) is 1. The monoisotopic (exact) mass is 434 g/mol. The topological polar surface area (TPSA) is 49.4 Å². The maximum absolute atomic E-state index is 13.2. The number of halogens is 2. The Morgan fingerprint density at radius 3 is 2.14 bits per heavy atom. The highest BCUT2D eigenvalue weighted by atomic mass is 35.5.